The molecular weight excluding hydrogens is 564 g/mol. The van der Waals surface area contributed by atoms with Gasteiger partial charge in [0.05, 0.1) is 0 Å². The number of benzene rings is 5. The van der Waals surface area contributed by atoms with Crippen LogP contribution in [0.3, 0.4) is 0 Å². The molecule has 5 rings (SSSR count). The molecule has 2 N–H and O–H groups in total. The Labute approximate surface area is 261 Å². The molecule has 0 bridgehead atoms. The highest BCUT2D eigenvalue weighted by Gasteiger charge is 2.29. The molecule has 0 heterocycles. The highest BCUT2D eigenvalue weighted by atomic mass is 32.2. The van der Waals surface area contributed by atoms with Crippen molar-refractivity contribution >= 4 is 10.1 Å². The van der Waals surface area contributed by atoms with Gasteiger partial charge in [0.25, 0.3) is 10.1 Å². The lowest BCUT2D eigenvalue weighted by molar-refractivity contribution is 0.434. The van der Waals surface area contributed by atoms with Crippen molar-refractivity contribution in [1.82, 2.24) is 0 Å². The van der Waals surface area contributed by atoms with E-state index in [4.69, 9.17) is 0 Å². The van der Waals surface area contributed by atoms with Gasteiger partial charge in [-0.15, -0.1) is 0 Å². The van der Waals surface area contributed by atoms with E-state index in [0.29, 0.717) is 11.1 Å². The molecule has 4 unspecified atom stereocenters. The van der Waals surface area contributed by atoms with Gasteiger partial charge in [-0.2, -0.15) is 8.42 Å². The quantitative estimate of drug-likeness (QED) is 0.164. The summed E-state index contributed by atoms with van der Waals surface area (Å²) < 4.78 is 35.4. The summed E-state index contributed by atoms with van der Waals surface area (Å²) in [4.78, 5) is -0.424. The number of aromatic hydroxyl groups is 1. The normalized spacial score (nSPS) is 14.5. The molecule has 4 atom stereocenters. The number of hydrogen-bond acceptors (Lipinski definition) is 3. The van der Waals surface area contributed by atoms with Crippen LogP contribution in [0.5, 0.6) is 5.75 Å². The second kappa shape index (κ2) is 12.8. The third-order valence-electron chi connectivity index (χ3n) is 9.24. The van der Waals surface area contributed by atoms with Crippen LogP contribution in [-0.4, -0.2) is 18.1 Å². The van der Waals surface area contributed by atoms with Crippen LogP contribution in [0.2, 0.25) is 0 Å². The van der Waals surface area contributed by atoms with Crippen LogP contribution in [0.4, 0.5) is 0 Å². The third-order valence-corrected chi connectivity index (χ3v) is 10.3. The summed E-state index contributed by atoms with van der Waals surface area (Å²) in [5.41, 5.74) is 8.33. The van der Waals surface area contributed by atoms with E-state index in [-0.39, 0.29) is 23.7 Å². The summed E-state index contributed by atoms with van der Waals surface area (Å²) in [6.07, 6.45) is 0. The fourth-order valence-electron chi connectivity index (χ4n) is 6.25. The Morgan fingerprint density at radius 2 is 0.818 bits per heavy atom. The molecule has 0 saturated carbocycles. The molecule has 5 aromatic carbocycles. The van der Waals surface area contributed by atoms with E-state index in [1.54, 1.807) is 6.92 Å². The van der Waals surface area contributed by atoms with Gasteiger partial charge in [-0.1, -0.05) is 143 Å². The molecule has 0 spiro atoms. The predicted octanol–water partition coefficient (Wildman–Crippen LogP) is 9.55. The third kappa shape index (κ3) is 6.35. The smallest absolute Gasteiger partial charge is 0.298 e. The van der Waals surface area contributed by atoms with E-state index >= 15 is 0 Å². The maximum atomic E-state index is 12.6. The van der Waals surface area contributed by atoms with E-state index in [2.05, 4.69) is 74.5 Å². The minimum Gasteiger partial charge on any atom is -0.506 e. The summed E-state index contributed by atoms with van der Waals surface area (Å²) in [5, 5.41) is 11.3. The van der Waals surface area contributed by atoms with Crippen LogP contribution < -0.4 is 0 Å². The van der Waals surface area contributed by atoms with Crippen LogP contribution in [0, 0.1) is 6.92 Å². The lowest BCUT2D eigenvalue weighted by Crippen LogP contribution is -2.11. The number of hydrogen-bond donors (Lipinski definition) is 2. The SMILES string of the molecule is Cc1c(C(C)c2ccc(C(C)c3ccccc3)cc2)cc(C(C)c2ccc(C(C)c3ccccc3)cc2)c(O)c1S(=O)(=O)O. The average molecular weight is 605 g/mol. The van der Waals surface area contributed by atoms with Crippen molar-refractivity contribution in [2.24, 2.45) is 0 Å². The minimum absolute atomic E-state index is 0.183. The zero-order chi connectivity index (χ0) is 31.6. The lowest BCUT2D eigenvalue weighted by Gasteiger charge is -2.24. The van der Waals surface area contributed by atoms with Crippen molar-refractivity contribution in [1.29, 1.82) is 0 Å². The minimum atomic E-state index is -4.69. The predicted molar refractivity (Wildman–Crippen MR) is 178 cm³/mol. The van der Waals surface area contributed by atoms with Gasteiger partial charge in [-0.3, -0.25) is 4.55 Å². The van der Waals surface area contributed by atoms with Crippen molar-refractivity contribution in [2.75, 3.05) is 0 Å². The summed E-state index contributed by atoms with van der Waals surface area (Å²) in [7, 11) is -4.69. The molecule has 0 aromatic heterocycles. The van der Waals surface area contributed by atoms with Crippen LogP contribution in [-0.2, 0) is 10.1 Å². The van der Waals surface area contributed by atoms with Gasteiger partial charge in [-0.25, -0.2) is 0 Å². The summed E-state index contributed by atoms with van der Waals surface area (Å²) in [5.74, 6) is -0.456. The topological polar surface area (TPSA) is 74.6 Å². The molecule has 0 amide bonds. The van der Waals surface area contributed by atoms with E-state index in [1.165, 1.54) is 22.3 Å². The van der Waals surface area contributed by atoms with Crippen LogP contribution in [0.25, 0.3) is 0 Å². The largest absolute Gasteiger partial charge is 0.506 e. The Kier molecular flexibility index (Phi) is 9.10. The maximum absolute atomic E-state index is 12.6. The Bertz CT molecular complexity index is 1710. The highest BCUT2D eigenvalue weighted by Crippen LogP contribution is 2.42. The zero-order valence-electron chi connectivity index (χ0n) is 25.9. The second-order valence-corrected chi connectivity index (χ2v) is 13.2. The van der Waals surface area contributed by atoms with Gasteiger partial charge < -0.3 is 5.11 Å². The monoisotopic (exact) mass is 604 g/mol. The van der Waals surface area contributed by atoms with Crippen molar-refractivity contribution in [2.45, 2.75) is 63.2 Å². The van der Waals surface area contributed by atoms with Crippen LogP contribution in [0.15, 0.2) is 120 Å². The first-order valence-electron chi connectivity index (χ1n) is 15.1. The van der Waals surface area contributed by atoms with Gasteiger partial charge in [-0.05, 0) is 51.4 Å². The molecule has 226 valence electrons. The molecule has 0 aliphatic rings. The Morgan fingerprint density at radius 3 is 1.18 bits per heavy atom. The second-order valence-electron chi connectivity index (χ2n) is 11.9. The fourth-order valence-corrected chi connectivity index (χ4v) is 7.12. The van der Waals surface area contributed by atoms with Gasteiger partial charge in [0.2, 0.25) is 0 Å². The van der Waals surface area contributed by atoms with E-state index in [1.807, 2.05) is 68.4 Å². The first kappa shape index (κ1) is 31.2. The number of phenolic OH excluding ortho intramolecular Hbond substituents is 1. The summed E-state index contributed by atoms with van der Waals surface area (Å²) in [6, 6.07) is 39.2. The molecule has 4 nitrogen and oxygen atoms in total. The van der Waals surface area contributed by atoms with Gasteiger partial charge in [0.1, 0.15) is 10.6 Å². The Morgan fingerprint density at radius 1 is 0.500 bits per heavy atom. The number of rotatable bonds is 9. The van der Waals surface area contributed by atoms with Gasteiger partial charge in [0, 0.05) is 29.2 Å². The Balaban J connectivity index is 1.50. The zero-order valence-corrected chi connectivity index (χ0v) is 26.7. The molecule has 0 aliphatic heterocycles. The fraction of sp³-hybridized carbons (Fsp3) is 0.231. The molecule has 5 heteroatoms. The maximum Gasteiger partial charge on any atom is 0.298 e. The standard InChI is InChI=1S/C39H40O4S/c1-25(30-12-8-6-9-13-30)32-16-20-34(21-17-32)27(3)36-24-37(38(40)39(29(36)5)44(41,42)43)28(4)35-22-18-33(19-23-35)26(2)31-14-10-7-11-15-31/h6-28,40H,1-5H3,(H,41,42,43). The van der Waals surface area contributed by atoms with Crippen molar-refractivity contribution < 1.29 is 18.1 Å². The molecule has 0 aliphatic carbocycles. The molecule has 0 saturated heterocycles. The summed E-state index contributed by atoms with van der Waals surface area (Å²) >= 11 is 0. The molecule has 0 fully saturated rings. The first-order valence-corrected chi connectivity index (χ1v) is 16.5. The van der Waals surface area contributed by atoms with Crippen molar-refractivity contribution in [3.8, 4) is 5.75 Å². The summed E-state index contributed by atoms with van der Waals surface area (Å²) in [6.45, 7) is 9.97. The van der Waals surface area contributed by atoms with E-state index in [9.17, 15) is 18.1 Å². The molecular formula is C39H40O4S. The lowest BCUT2D eigenvalue weighted by atomic mass is 9.83. The first-order chi connectivity index (χ1) is 21.0. The molecule has 44 heavy (non-hydrogen) atoms. The van der Waals surface area contributed by atoms with Gasteiger partial charge >= 0.3 is 0 Å². The van der Waals surface area contributed by atoms with Gasteiger partial charge in [0.15, 0.2) is 0 Å². The molecule has 0 radical (unpaired) electrons. The van der Waals surface area contributed by atoms with Crippen molar-refractivity contribution in [3.63, 3.8) is 0 Å². The van der Waals surface area contributed by atoms with E-state index < -0.39 is 20.8 Å². The van der Waals surface area contributed by atoms with Crippen LogP contribution in [0.1, 0.15) is 101 Å². The highest BCUT2D eigenvalue weighted by molar-refractivity contribution is 7.86. The Hall–Kier alpha value is -4.19. The molecule has 5 aromatic rings. The van der Waals surface area contributed by atoms with E-state index in [0.717, 1.165) is 16.7 Å². The average Bonchev–Trinajstić information content (AvgIpc) is 3.04. The number of phenols is 1. The van der Waals surface area contributed by atoms with Crippen molar-refractivity contribution in [3.05, 3.63) is 165 Å². The van der Waals surface area contributed by atoms with Crippen LogP contribution >= 0.6 is 0 Å².